The minimum atomic E-state index is -0.209. The normalized spacial score (nSPS) is 18.0. The minimum Gasteiger partial charge on any atom is -0.469 e. The van der Waals surface area contributed by atoms with Crippen molar-refractivity contribution >= 4 is 23.3 Å². The van der Waals surface area contributed by atoms with Gasteiger partial charge in [-0.1, -0.05) is 12.1 Å². The van der Waals surface area contributed by atoms with Crippen LogP contribution in [-0.4, -0.2) is 39.2 Å². The van der Waals surface area contributed by atoms with Crippen LogP contribution in [0.25, 0.3) is 5.69 Å². The van der Waals surface area contributed by atoms with Crippen molar-refractivity contribution in [1.82, 2.24) is 19.8 Å². The molecule has 0 amide bonds. The average molecular weight is 449 g/mol. The summed E-state index contributed by atoms with van der Waals surface area (Å²) in [5.41, 5.74) is 5.68. The third kappa shape index (κ3) is 4.39. The number of esters is 1. The molecule has 0 radical (unpaired) electrons. The summed E-state index contributed by atoms with van der Waals surface area (Å²) in [4.78, 5) is 18.4. The van der Waals surface area contributed by atoms with Crippen LogP contribution in [0.15, 0.2) is 60.9 Å². The van der Waals surface area contributed by atoms with E-state index in [9.17, 15) is 4.79 Å². The first-order valence-corrected chi connectivity index (χ1v) is 11.2. The number of pyridine rings is 1. The predicted molar refractivity (Wildman–Crippen MR) is 129 cm³/mol. The van der Waals surface area contributed by atoms with E-state index in [0.29, 0.717) is 24.5 Å². The molecule has 1 aliphatic rings. The van der Waals surface area contributed by atoms with Gasteiger partial charge >= 0.3 is 5.97 Å². The van der Waals surface area contributed by atoms with Gasteiger partial charge in [-0.05, 0) is 80.0 Å². The summed E-state index contributed by atoms with van der Waals surface area (Å²) in [7, 11) is 1.42. The van der Waals surface area contributed by atoms with Gasteiger partial charge in [-0.25, -0.2) is 0 Å². The second-order valence-electron chi connectivity index (χ2n) is 8.07. The highest BCUT2D eigenvalue weighted by Gasteiger charge is 2.41. The van der Waals surface area contributed by atoms with E-state index in [0.717, 1.165) is 17.1 Å². The van der Waals surface area contributed by atoms with Gasteiger partial charge < -0.3 is 19.5 Å². The molecule has 2 aromatic heterocycles. The standard InChI is InChI=1S/C25H28N4O2S/c1-17-11-12-19(16-18(17)2)28-14-6-9-21(28)24-23(20-8-4-5-13-26-20)27-25(32)29(24)15-7-10-22(30)31-3/h4-6,8-9,11-14,16,23-24H,7,10,15H2,1-3H3,(H,27,32)/t23-,24-/m0/s1. The molecule has 2 atom stereocenters. The molecule has 1 aliphatic heterocycles. The van der Waals surface area contributed by atoms with Crippen molar-refractivity contribution in [2.24, 2.45) is 0 Å². The summed E-state index contributed by atoms with van der Waals surface area (Å²) < 4.78 is 7.03. The maximum atomic E-state index is 11.7. The molecule has 1 fully saturated rings. The van der Waals surface area contributed by atoms with Crippen molar-refractivity contribution in [1.29, 1.82) is 0 Å². The third-order valence-corrected chi connectivity index (χ3v) is 6.41. The van der Waals surface area contributed by atoms with E-state index < -0.39 is 0 Å². The molecule has 1 N–H and O–H groups in total. The molecule has 3 heterocycles. The van der Waals surface area contributed by atoms with Crippen LogP contribution in [-0.2, 0) is 9.53 Å². The summed E-state index contributed by atoms with van der Waals surface area (Å²) in [5.74, 6) is -0.209. The van der Waals surface area contributed by atoms with Crippen molar-refractivity contribution < 1.29 is 9.53 Å². The van der Waals surface area contributed by atoms with Crippen LogP contribution in [0, 0.1) is 13.8 Å². The molecule has 3 aromatic rings. The van der Waals surface area contributed by atoms with E-state index >= 15 is 0 Å². The molecule has 166 valence electrons. The maximum absolute atomic E-state index is 11.7. The van der Waals surface area contributed by atoms with E-state index in [1.807, 2.05) is 18.2 Å². The van der Waals surface area contributed by atoms with Crippen LogP contribution in [0.1, 0.15) is 47.4 Å². The Hall–Kier alpha value is -3.19. The second kappa shape index (κ2) is 9.53. The number of hydrogen-bond acceptors (Lipinski definition) is 4. The molecule has 32 heavy (non-hydrogen) atoms. The molecule has 0 unspecified atom stereocenters. The fourth-order valence-corrected chi connectivity index (χ4v) is 4.54. The van der Waals surface area contributed by atoms with Gasteiger partial charge in [0, 0.05) is 36.7 Å². The molecule has 7 heteroatoms. The second-order valence-corrected chi connectivity index (χ2v) is 8.46. The van der Waals surface area contributed by atoms with Gasteiger partial charge in [0.15, 0.2) is 5.11 Å². The summed E-state index contributed by atoms with van der Waals surface area (Å²) >= 11 is 5.74. The van der Waals surface area contributed by atoms with E-state index in [1.165, 1.54) is 18.2 Å². The average Bonchev–Trinajstić information content (AvgIpc) is 3.40. The zero-order valence-corrected chi connectivity index (χ0v) is 19.4. The Balaban J connectivity index is 1.72. The van der Waals surface area contributed by atoms with Crippen molar-refractivity contribution in [2.45, 2.75) is 38.8 Å². The SMILES string of the molecule is COC(=O)CCCN1C(=S)N[C@@H](c2ccccn2)[C@@H]1c1cccn1-c1ccc(C)c(C)c1. The third-order valence-electron chi connectivity index (χ3n) is 6.06. The fourth-order valence-electron chi connectivity index (χ4n) is 4.21. The summed E-state index contributed by atoms with van der Waals surface area (Å²) in [6.07, 6.45) is 4.90. The number of thiocarbonyl (C=S) groups is 1. The van der Waals surface area contributed by atoms with Crippen LogP contribution in [0.5, 0.6) is 0 Å². The maximum Gasteiger partial charge on any atom is 0.305 e. The molecule has 0 spiro atoms. The molecule has 0 bridgehead atoms. The molecule has 6 nitrogen and oxygen atoms in total. The fraction of sp³-hybridized carbons (Fsp3) is 0.320. The van der Waals surface area contributed by atoms with Crippen LogP contribution in [0.3, 0.4) is 0 Å². The molecule has 1 saturated heterocycles. The number of benzene rings is 1. The predicted octanol–water partition coefficient (Wildman–Crippen LogP) is 4.41. The number of carbonyl (C=O) groups excluding carboxylic acids is 1. The van der Waals surface area contributed by atoms with Gasteiger partial charge in [0.2, 0.25) is 0 Å². The molecule has 0 aliphatic carbocycles. The van der Waals surface area contributed by atoms with Crippen molar-refractivity contribution in [3.8, 4) is 5.69 Å². The van der Waals surface area contributed by atoms with Crippen molar-refractivity contribution in [2.75, 3.05) is 13.7 Å². The lowest BCUT2D eigenvalue weighted by molar-refractivity contribution is -0.140. The first-order chi connectivity index (χ1) is 15.5. The van der Waals surface area contributed by atoms with E-state index in [-0.39, 0.29) is 18.1 Å². The number of nitrogens with zero attached hydrogens (tertiary/aromatic N) is 3. The Morgan fingerprint density at radius 1 is 1.16 bits per heavy atom. The van der Waals surface area contributed by atoms with Gasteiger partial charge in [0.25, 0.3) is 0 Å². The van der Waals surface area contributed by atoms with Gasteiger partial charge in [-0.15, -0.1) is 0 Å². The molecule has 1 aromatic carbocycles. The number of aryl methyl sites for hydroxylation is 2. The van der Waals surface area contributed by atoms with Crippen molar-refractivity contribution in [3.05, 3.63) is 83.4 Å². The van der Waals surface area contributed by atoms with Crippen LogP contribution < -0.4 is 5.32 Å². The van der Waals surface area contributed by atoms with Gasteiger partial charge in [0.05, 0.1) is 24.9 Å². The first-order valence-electron chi connectivity index (χ1n) is 10.8. The Kier molecular flexibility index (Phi) is 6.55. The lowest BCUT2D eigenvalue weighted by atomic mass is 10.0. The smallest absolute Gasteiger partial charge is 0.305 e. The Morgan fingerprint density at radius 3 is 2.72 bits per heavy atom. The summed E-state index contributed by atoms with van der Waals surface area (Å²) in [5, 5.41) is 4.15. The number of methoxy groups -OCH3 is 1. The molecular weight excluding hydrogens is 420 g/mol. The van der Waals surface area contributed by atoms with Gasteiger partial charge in [-0.3, -0.25) is 9.78 Å². The van der Waals surface area contributed by atoms with Crippen LogP contribution in [0.4, 0.5) is 0 Å². The quantitative estimate of drug-likeness (QED) is 0.427. The lowest BCUT2D eigenvalue weighted by Gasteiger charge is -2.29. The zero-order chi connectivity index (χ0) is 22.7. The Morgan fingerprint density at radius 2 is 2.00 bits per heavy atom. The van der Waals surface area contributed by atoms with E-state index in [1.54, 1.807) is 6.20 Å². The lowest BCUT2D eigenvalue weighted by Crippen LogP contribution is -2.31. The zero-order valence-electron chi connectivity index (χ0n) is 18.6. The number of rotatable bonds is 7. The Labute approximate surface area is 194 Å². The molecular formula is C25H28N4O2S. The molecule has 0 saturated carbocycles. The number of carbonyl (C=O) groups is 1. The van der Waals surface area contributed by atoms with Crippen LogP contribution in [0.2, 0.25) is 0 Å². The van der Waals surface area contributed by atoms with E-state index in [2.05, 4.69) is 70.1 Å². The van der Waals surface area contributed by atoms with Crippen LogP contribution >= 0.6 is 12.2 Å². The number of aromatic nitrogens is 2. The highest BCUT2D eigenvalue weighted by atomic mass is 32.1. The number of hydrogen-bond donors (Lipinski definition) is 1. The summed E-state index contributed by atoms with van der Waals surface area (Å²) in [6, 6.07) is 16.5. The topological polar surface area (TPSA) is 59.4 Å². The van der Waals surface area contributed by atoms with E-state index in [4.69, 9.17) is 17.0 Å². The largest absolute Gasteiger partial charge is 0.469 e. The first kappa shape index (κ1) is 22.0. The number of ether oxygens (including phenoxy) is 1. The highest BCUT2D eigenvalue weighted by molar-refractivity contribution is 7.80. The van der Waals surface area contributed by atoms with Crippen molar-refractivity contribution in [3.63, 3.8) is 0 Å². The van der Waals surface area contributed by atoms with Gasteiger partial charge in [0.1, 0.15) is 0 Å². The molecule has 4 rings (SSSR count). The monoisotopic (exact) mass is 448 g/mol. The summed E-state index contributed by atoms with van der Waals surface area (Å²) in [6.45, 7) is 4.90. The highest BCUT2D eigenvalue weighted by Crippen LogP contribution is 2.39. The minimum absolute atomic E-state index is 0.0633. The Bertz CT molecular complexity index is 1110. The van der Waals surface area contributed by atoms with Gasteiger partial charge in [-0.2, -0.15) is 0 Å². The number of nitrogens with one attached hydrogen (secondary N) is 1.